The minimum Gasteiger partial charge on any atom is -0.410 e. The third-order valence-electron chi connectivity index (χ3n) is 4.72. The Labute approximate surface area is 174 Å². The van der Waals surface area contributed by atoms with E-state index in [0.29, 0.717) is 18.8 Å². The molecule has 2 aromatic heterocycles. The third kappa shape index (κ3) is 5.58. The number of piperazine rings is 1. The highest BCUT2D eigenvalue weighted by Gasteiger charge is 2.22. The van der Waals surface area contributed by atoms with Crippen molar-refractivity contribution in [2.24, 2.45) is 0 Å². The fourth-order valence-corrected chi connectivity index (χ4v) is 3.89. The number of benzene rings is 1. The molecule has 7 nitrogen and oxygen atoms in total. The molecule has 1 aliphatic rings. The molecular weight excluding hydrogens is 386 g/mol. The lowest BCUT2D eigenvalue weighted by Crippen LogP contribution is -2.49. The van der Waals surface area contributed by atoms with Gasteiger partial charge in [-0.05, 0) is 29.8 Å². The number of nitrogens with zero attached hydrogens (tertiary/aromatic N) is 4. The lowest BCUT2D eigenvalue weighted by Gasteiger charge is -2.33. The number of amides is 1. The molecule has 3 aromatic rings. The second-order valence-corrected chi connectivity index (χ2v) is 7.74. The number of aromatic amines is 1. The molecule has 0 atom stereocenters. The van der Waals surface area contributed by atoms with Crippen molar-refractivity contribution in [2.75, 3.05) is 26.2 Å². The smallest absolute Gasteiger partial charge is 0.410 e. The number of carbonyl (C=O) groups excluding carboxylic acids is 1. The molecule has 0 saturated carbocycles. The number of hydrogen-bond acceptors (Lipinski definition) is 6. The first-order chi connectivity index (χ1) is 14.3. The number of thioether (sulfide) groups is 1. The van der Waals surface area contributed by atoms with Gasteiger partial charge in [0.2, 0.25) is 0 Å². The van der Waals surface area contributed by atoms with Gasteiger partial charge >= 0.3 is 6.09 Å². The van der Waals surface area contributed by atoms with E-state index in [1.165, 1.54) is 0 Å². The second-order valence-electron chi connectivity index (χ2n) is 6.78. The van der Waals surface area contributed by atoms with Crippen LogP contribution in [0.1, 0.15) is 11.3 Å². The molecule has 0 radical (unpaired) electrons. The average Bonchev–Trinajstić information content (AvgIpc) is 3.28. The number of nitrogens with one attached hydrogen (secondary N) is 1. The Kier molecular flexibility index (Phi) is 6.43. The van der Waals surface area contributed by atoms with E-state index in [-0.39, 0.29) is 6.09 Å². The first-order valence-corrected chi connectivity index (χ1v) is 10.5. The van der Waals surface area contributed by atoms with Crippen LogP contribution >= 0.6 is 11.8 Å². The van der Waals surface area contributed by atoms with Gasteiger partial charge in [0.1, 0.15) is 5.75 Å². The number of imidazole rings is 1. The monoisotopic (exact) mass is 409 g/mol. The van der Waals surface area contributed by atoms with E-state index in [2.05, 4.69) is 19.9 Å². The van der Waals surface area contributed by atoms with Crippen molar-refractivity contribution < 1.29 is 9.53 Å². The van der Waals surface area contributed by atoms with E-state index in [9.17, 15) is 4.79 Å². The molecule has 4 rings (SSSR count). The lowest BCUT2D eigenvalue weighted by molar-refractivity contribution is 0.107. The number of ether oxygens (including phenoxy) is 1. The number of pyridine rings is 1. The van der Waals surface area contributed by atoms with Gasteiger partial charge in [0.25, 0.3) is 0 Å². The summed E-state index contributed by atoms with van der Waals surface area (Å²) in [4.78, 5) is 28.1. The maximum Gasteiger partial charge on any atom is 0.415 e. The van der Waals surface area contributed by atoms with E-state index in [1.807, 2.05) is 54.9 Å². The van der Waals surface area contributed by atoms with Gasteiger partial charge in [-0.25, -0.2) is 9.78 Å². The van der Waals surface area contributed by atoms with Crippen molar-refractivity contribution in [1.29, 1.82) is 0 Å². The molecule has 1 amide bonds. The first-order valence-electron chi connectivity index (χ1n) is 9.56. The van der Waals surface area contributed by atoms with Gasteiger partial charge in [0.05, 0.1) is 5.69 Å². The zero-order valence-corrected chi connectivity index (χ0v) is 16.8. The van der Waals surface area contributed by atoms with Crippen molar-refractivity contribution >= 4 is 17.9 Å². The molecule has 8 heteroatoms. The van der Waals surface area contributed by atoms with Crippen LogP contribution in [0.5, 0.6) is 5.75 Å². The largest absolute Gasteiger partial charge is 0.415 e. The number of hydrogen-bond donors (Lipinski definition) is 1. The zero-order chi connectivity index (χ0) is 19.9. The highest BCUT2D eigenvalue weighted by molar-refractivity contribution is 7.98. The summed E-state index contributed by atoms with van der Waals surface area (Å²) >= 11 is 1.63. The van der Waals surface area contributed by atoms with Crippen LogP contribution in [0.2, 0.25) is 0 Å². The van der Waals surface area contributed by atoms with Gasteiger partial charge < -0.3 is 14.6 Å². The Hall–Kier alpha value is -2.84. The Bertz CT molecular complexity index is 895. The molecule has 0 spiro atoms. The molecule has 1 aromatic carbocycles. The van der Waals surface area contributed by atoms with Crippen LogP contribution in [0, 0.1) is 0 Å². The van der Waals surface area contributed by atoms with E-state index < -0.39 is 0 Å². The molecule has 1 N–H and O–H groups in total. The summed E-state index contributed by atoms with van der Waals surface area (Å²) in [5.74, 6) is 1.37. The Morgan fingerprint density at radius 2 is 1.86 bits per heavy atom. The predicted octanol–water partition coefficient (Wildman–Crippen LogP) is 3.41. The first kappa shape index (κ1) is 19.5. The number of carbonyl (C=O) groups is 1. The number of rotatable bonds is 6. The Morgan fingerprint density at radius 1 is 1.03 bits per heavy atom. The van der Waals surface area contributed by atoms with E-state index in [4.69, 9.17) is 4.74 Å². The quantitative estimate of drug-likeness (QED) is 0.629. The molecular formula is C21H23N5O2S. The van der Waals surface area contributed by atoms with Crippen molar-refractivity contribution in [3.05, 3.63) is 72.3 Å². The SMILES string of the molecule is O=C(Oc1ccc(CSc2ncc[nH]2)cc1)N1CCN(Cc2ccccn2)CC1. The normalized spacial score (nSPS) is 14.7. The Balaban J connectivity index is 1.22. The Morgan fingerprint density at radius 3 is 2.55 bits per heavy atom. The van der Waals surface area contributed by atoms with Crippen LogP contribution in [0.4, 0.5) is 4.79 Å². The van der Waals surface area contributed by atoms with Crippen LogP contribution < -0.4 is 4.74 Å². The maximum atomic E-state index is 12.5. The van der Waals surface area contributed by atoms with Gasteiger partial charge in [-0.1, -0.05) is 30.0 Å². The summed E-state index contributed by atoms with van der Waals surface area (Å²) in [6, 6.07) is 13.6. The van der Waals surface area contributed by atoms with E-state index in [0.717, 1.165) is 41.8 Å². The molecule has 0 aliphatic carbocycles. The second kappa shape index (κ2) is 9.58. The number of aromatic nitrogens is 3. The van der Waals surface area contributed by atoms with E-state index in [1.54, 1.807) is 22.9 Å². The van der Waals surface area contributed by atoms with Gasteiger partial charge in [-0.3, -0.25) is 9.88 Å². The standard InChI is InChI=1S/C21H23N5O2S/c27-21(26-13-11-25(12-14-26)15-18-3-1-2-8-22-18)28-19-6-4-17(5-7-19)16-29-20-23-9-10-24-20/h1-10H,11-16H2,(H,23,24). The van der Waals surface area contributed by atoms with Crippen molar-refractivity contribution in [3.63, 3.8) is 0 Å². The van der Waals surface area contributed by atoms with Crippen LogP contribution in [0.25, 0.3) is 0 Å². The van der Waals surface area contributed by atoms with Crippen molar-refractivity contribution in [2.45, 2.75) is 17.5 Å². The van der Waals surface area contributed by atoms with Gasteiger partial charge in [-0.2, -0.15) is 0 Å². The van der Waals surface area contributed by atoms with Crippen LogP contribution in [0.3, 0.4) is 0 Å². The van der Waals surface area contributed by atoms with Crippen LogP contribution in [-0.4, -0.2) is 57.0 Å². The molecule has 0 unspecified atom stereocenters. The minimum atomic E-state index is -0.291. The zero-order valence-electron chi connectivity index (χ0n) is 16.0. The van der Waals surface area contributed by atoms with Gasteiger partial charge in [0, 0.05) is 57.1 Å². The minimum absolute atomic E-state index is 0.291. The van der Waals surface area contributed by atoms with Crippen LogP contribution in [-0.2, 0) is 12.3 Å². The summed E-state index contributed by atoms with van der Waals surface area (Å²) in [7, 11) is 0. The maximum absolute atomic E-state index is 12.5. The summed E-state index contributed by atoms with van der Waals surface area (Å²) in [6.45, 7) is 3.75. The predicted molar refractivity (Wildman–Crippen MR) is 112 cm³/mol. The topological polar surface area (TPSA) is 74.3 Å². The fourth-order valence-electron chi connectivity index (χ4n) is 3.11. The lowest BCUT2D eigenvalue weighted by atomic mass is 10.2. The molecule has 1 saturated heterocycles. The summed E-state index contributed by atoms with van der Waals surface area (Å²) in [5.41, 5.74) is 2.20. The highest BCUT2D eigenvalue weighted by atomic mass is 32.2. The van der Waals surface area contributed by atoms with E-state index >= 15 is 0 Å². The van der Waals surface area contributed by atoms with Crippen LogP contribution in [0.15, 0.2) is 66.2 Å². The average molecular weight is 410 g/mol. The third-order valence-corrected chi connectivity index (χ3v) is 5.69. The molecule has 150 valence electrons. The molecule has 29 heavy (non-hydrogen) atoms. The molecule has 0 bridgehead atoms. The van der Waals surface area contributed by atoms with Gasteiger partial charge in [0.15, 0.2) is 5.16 Å². The summed E-state index contributed by atoms with van der Waals surface area (Å²) in [6.07, 6.45) is 5.07. The fraction of sp³-hybridized carbons (Fsp3) is 0.286. The summed E-state index contributed by atoms with van der Waals surface area (Å²) < 4.78 is 5.54. The molecule has 3 heterocycles. The number of H-pyrrole nitrogens is 1. The van der Waals surface area contributed by atoms with Crippen molar-refractivity contribution in [3.8, 4) is 5.75 Å². The molecule has 1 fully saturated rings. The van der Waals surface area contributed by atoms with Crippen molar-refractivity contribution in [1.82, 2.24) is 24.8 Å². The molecule has 1 aliphatic heterocycles. The highest BCUT2D eigenvalue weighted by Crippen LogP contribution is 2.21. The van der Waals surface area contributed by atoms with Gasteiger partial charge in [-0.15, -0.1) is 0 Å². The summed E-state index contributed by atoms with van der Waals surface area (Å²) in [5, 5.41) is 0.891.